The highest BCUT2D eigenvalue weighted by Gasteiger charge is 2.42. The summed E-state index contributed by atoms with van der Waals surface area (Å²) < 4.78 is 24.7. The van der Waals surface area contributed by atoms with Crippen LogP contribution in [0.3, 0.4) is 0 Å². The predicted molar refractivity (Wildman–Crippen MR) is 119 cm³/mol. The average molecular weight is 427 g/mol. The Labute approximate surface area is 179 Å². The van der Waals surface area contributed by atoms with Crippen molar-refractivity contribution in [3.8, 4) is 0 Å². The monoisotopic (exact) mass is 426 g/mol. The summed E-state index contributed by atoms with van der Waals surface area (Å²) in [4.78, 5) is 15.3. The molecule has 0 aliphatic carbocycles. The molecule has 2 unspecified atom stereocenters. The SMILES string of the molecule is O=C(CC(c1ccccc1)c1ccccc1)NC1CS(=O)(=O)CC1N1CCCCC1. The fourth-order valence-corrected chi connectivity index (χ4v) is 6.78. The predicted octanol–water partition coefficient (Wildman–Crippen LogP) is 2.98. The summed E-state index contributed by atoms with van der Waals surface area (Å²) >= 11 is 0. The van der Waals surface area contributed by atoms with Gasteiger partial charge in [-0.25, -0.2) is 8.42 Å². The van der Waals surface area contributed by atoms with E-state index in [4.69, 9.17) is 0 Å². The molecule has 0 radical (unpaired) electrons. The summed E-state index contributed by atoms with van der Waals surface area (Å²) in [6.07, 6.45) is 3.70. The molecule has 5 nitrogen and oxygen atoms in total. The molecule has 2 atom stereocenters. The van der Waals surface area contributed by atoms with Crippen LogP contribution in [0.2, 0.25) is 0 Å². The van der Waals surface area contributed by atoms with Crippen LogP contribution in [0.15, 0.2) is 60.7 Å². The number of rotatable bonds is 6. The highest BCUT2D eigenvalue weighted by molar-refractivity contribution is 7.91. The van der Waals surface area contributed by atoms with Crippen LogP contribution >= 0.6 is 0 Å². The third kappa shape index (κ3) is 5.10. The summed E-state index contributed by atoms with van der Waals surface area (Å²) in [7, 11) is -3.13. The van der Waals surface area contributed by atoms with Crippen LogP contribution < -0.4 is 5.32 Å². The zero-order chi connectivity index (χ0) is 21.0. The third-order valence-corrected chi connectivity index (χ3v) is 8.04. The molecule has 30 heavy (non-hydrogen) atoms. The Morgan fingerprint density at radius 3 is 2.03 bits per heavy atom. The van der Waals surface area contributed by atoms with Crippen molar-refractivity contribution in [2.24, 2.45) is 0 Å². The molecule has 4 rings (SSSR count). The van der Waals surface area contributed by atoms with E-state index in [0.29, 0.717) is 6.42 Å². The Kier molecular flexibility index (Phi) is 6.54. The van der Waals surface area contributed by atoms with Crippen molar-refractivity contribution in [2.75, 3.05) is 24.6 Å². The number of hydrogen-bond donors (Lipinski definition) is 1. The molecule has 2 aromatic carbocycles. The van der Waals surface area contributed by atoms with Crippen molar-refractivity contribution in [3.05, 3.63) is 71.8 Å². The normalized spacial score (nSPS) is 24.0. The fourth-order valence-electron chi connectivity index (χ4n) is 4.83. The first-order chi connectivity index (χ1) is 14.5. The van der Waals surface area contributed by atoms with Crippen molar-refractivity contribution in [3.63, 3.8) is 0 Å². The molecule has 0 spiro atoms. The number of piperidine rings is 1. The summed E-state index contributed by atoms with van der Waals surface area (Å²) in [5.74, 6) is 0.0515. The van der Waals surface area contributed by atoms with E-state index >= 15 is 0 Å². The molecule has 2 fully saturated rings. The minimum Gasteiger partial charge on any atom is -0.351 e. The average Bonchev–Trinajstić information content (AvgIpc) is 3.08. The first-order valence-electron chi connectivity index (χ1n) is 10.9. The van der Waals surface area contributed by atoms with Gasteiger partial charge in [0.1, 0.15) is 0 Å². The second-order valence-electron chi connectivity index (χ2n) is 8.49. The molecule has 160 valence electrons. The number of benzene rings is 2. The van der Waals surface area contributed by atoms with Gasteiger partial charge in [-0.15, -0.1) is 0 Å². The molecule has 2 aliphatic rings. The third-order valence-electron chi connectivity index (χ3n) is 6.32. The molecule has 1 N–H and O–H groups in total. The van der Waals surface area contributed by atoms with Gasteiger partial charge in [-0.05, 0) is 37.1 Å². The molecular weight excluding hydrogens is 396 g/mol. The van der Waals surface area contributed by atoms with Crippen LogP contribution in [0, 0.1) is 0 Å². The first kappa shape index (κ1) is 21.1. The van der Waals surface area contributed by atoms with Crippen LogP contribution in [-0.4, -0.2) is 55.9 Å². The van der Waals surface area contributed by atoms with Gasteiger partial charge in [0.05, 0.1) is 17.5 Å². The van der Waals surface area contributed by atoms with E-state index in [1.165, 1.54) is 6.42 Å². The lowest BCUT2D eigenvalue weighted by molar-refractivity contribution is -0.122. The molecule has 1 amide bonds. The van der Waals surface area contributed by atoms with Gasteiger partial charge in [-0.1, -0.05) is 67.1 Å². The lowest BCUT2D eigenvalue weighted by Crippen LogP contribution is -2.52. The number of carbonyl (C=O) groups is 1. The number of sulfone groups is 1. The maximum Gasteiger partial charge on any atom is 0.221 e. The number of amides is 1. The Hall–Kier alpha value is -2.18. The van der Waals surface area contributed by atoms with Crippen LogP contribution in [0.5, 0.6) is 0 Å². The molecule has 2 saturated heterocycles. The molecule has 2 heterocycles. The molecule has 2 aromatic rings. The van der Waals surface area contributed by atoms with Crippen molar-refractivity contribution < 1.29 is 13.2 Å². The lowest BCUT2D eigenvalue weighted by atomic mass is 9.88. The van der Waals surface area contributed by atoms with E-state index in [1.807, 2.05) is 60.7 Å². The highest BCUT2D eigenvalue weighted by atomic mass is 32.2. The quantitative estimate of drug-likeness (QED) is 0.771. The number of carbonyl (C=O) groups excluding carboxylic acids is 1. The highest BCUT2D eigenvalue weighted by Crippen LogP contribution is 2.28. The number of hydrogen-bond acceptors (Lipinski definition) is 4. The van der Waals surface area contributed by atoms with Crippen LogP contribution in [-0.2, 0) is 14.6 Å². The molecular formula is C24H30N2O3S. The lowest BCUT2D eigenvalue weighted by Gasteiger charge is -2.35. The summed E-state index contributed by atoms with van der Waals surface area (Å²) in [5, 5.41) is 3.09. The Balaban J connectivity index is 1.50. The van der Waals surface area contributed by atoms with E-state index in [-0.39, 0.29) is 35.4 Å². The van der Waals surface area contributed by atoms with Gasteiger partial charge in [-0.2, -0.15) is 0 Å². The number of nitrogens with one attached hydrogen (secondary N) is 1. The second kappa shape index (κ2) is 9.31. The minimum atomic E-state index is -3.13. The van der Waals surface area contributed by atoms with Crippen LogP contribution in [0.25, 0.3) is 0 Å². The zero-order valence-corrected chi connectivity index (χ0v) is 18.1. The van der Waals surface area contributed by atoms with Gasteiger partial charge in [0.2, 0.25) is 5.91 Å². The molecule has 0 bridgehead atoms. The van der Waals surface area contributed by atoms with Crippen LogP contribution in [0.4, 0.5) is 0 Å². The second-order valence-corrected chi connectivity index (χ2v) is 10.6. The van der Waals surface area contributed by atoms with Gasteiger partial charge in [0, 0.05) is 18.4 Å². The largest absolute Gasteiger partial charge is 0.351 e. The standard InChI is InChI=1S/C24H30N2O3S/c27-24(16-21(19-10-4-1-5-11-19)20-12-6-2-7-13-20)25-22-17-30(28,29)18-23(22)26-14-8-3-9-15-26/h1-2,4-7,10-13,21-23H,3,8-9,14-18H2,(H,25,27). The van der Waals surface area contributed by atoms with Gasteiger partial charge in [0.25, 0.3) is 0 Å². The number of nitrogens with zero attached hydrogens (tertiary/aromatic N) is 1. The van der Waals surface area contributed by atoms with Crippen molar-refractivity contribution in [1.82, 2.24) is 10.2 Å². The fraction of sp³-hybridized carbons (Fsp3) is 0.458. The maximum atomic E-state index is 13.1. The van der Waals surface area contributed by atoms with E-state index < -0.39 is 9.84 Å². The summed E-state index contributed by atoms with van der Waals surface area (Å²) in [5.41, 5.74) is 2.18. The van der Waals surface area contributed by atoms with E-state index in [0.717, 1.165) is 37.1 Å². The minimum absolute atomic E-state index is 0.0429. The topological polar surface area (TPSA) is 66.5 Å². The molecule has 6 heteroatoms. The van der Waals surface area contributed by atoms with E-state index in [1.54, 1.807) is 0 Å². The molecule has 2 aliphatic heterocycles. The van der Waals surface area contributed by atoms with Gasteiger partial charge in [-0.3, -0.25) is 9.69 Å². The van der Waals surface area contributed by atoms with Gasteiger partial charge in [0.15, 0.2) is 9.84 Å². The summed E-state index contributed by atoms with van der Waals surface area (Å²) in [6.45, 7) is 1.84. The Morgan fingerprint density at radius 1 is 0.900 bits per heavy atom. The first-order valence-corrected chi connectivity index (χ1v) is 12.7. The number of likely N-dealkylation sites (tertiary alicyclic amines) is 1. The molecule has 0 saturated carbocycles. The van der Waals surface area contributed by atoms with E-state index in [2.05, 4.69) is 10.2 Å². The van der Waals surface area contributed by atoms with Crippen molar-refractivity contribution in [1.29, 1.82) is 0 Å². The van der Waals surface area contributed by atoms with Crippen LogP contribution in [0.1, 0.15) is 42.7 Å². The zero-order valence-electron chi connectivity index (χ0n) is 17.2. The Morgan fingerprint density at radius 2 is 1.47 bits per heavy atom. The van der Waals surface area contributed by atoms with Gasteiger partial charge >= 0.3 is 0 Å². The maximum absolute atomic E-state index is 13.1. The summed E-state index contributed by atoms with van der Waals surface area (Å²) in [6, 6.07) is 19.6. The van der Waals surface area contributed by atoms with Crippen molar-refractivity contribution >= 4 is 15.7 Å². The molecule has 0 aromatic heterocycles. The smallest absolute Gasteiger partial charge is 0.221 e. The van der Waals surface area contributed by atoms with Gasteiger partial charge < -0.3 is 5.32 Å². The van der Waals surface area contributed by atoms with Crippen molar-refractivity contribution in [2.45, 2.75) is 43.7 Å². The van der Waals surface area contributed by atoms with E-state index in [9.17, 15) is 13.2 Å². The Bertz CT molecular complexity index is 901.